The lowest BCUT2D eigenvalue weighted by molar-refractivity contribution is 0.102. The minimum absolute atomic E-state index is 0.0490. The molecule has 1 aromatic heterocycles. The Morgan fingerprint density at radius 2 is 2.11 bits per heavy atom. The SMILES string of the molecule is Cc1cc(=O)c(C(=O)Nc2ccc(Br)cc2N)c[nH]1. The van der Waals surface area contributed by atoms with Gasteiger partial charge in [-0.25, -0.2) is 0 Å². The van der Waals surface area contributed by atoms with Crippen LogP contribution in [0.4, 0.5) is 11.4 Å². The highest BCUT2D eigenvalue weighted by Gasteiger charge is 2.11. The maximum absolute atomic E-state index is 12.0. The van der Waals surface area contributed by atoms with Crippen LogP contribution in [0.1, 0.15) is 16.1 Å². The molecule has 0 saturated carbocycles. The summed E-state index contributed by atoms with van der Waals surface area (Å²) in [4.78, 5) is 26.5. The Bertz CT molecular complexity index is 695. The van der Waals surface area contributed by atoms with E-state index in [9.17, 15) is 9.59 Å². The first-order valence-electron chi connectivity index (χ1n) is 5.53. The molecule has 5 nitrogen and oxygen atoms in total. The zero-order valence-electron chi connectivity index (χ0n) is 10.2. The van der Waals surface area contributed by atoms with Crippen LogP contribution in [0.25, 0.3) is 0 Å². The molecular weight excluding hydrogens is 310 g/mol. The molecule has 1 aromatic carbocycles. The van der Waals surface area contributed by atoms with Crippen LogP contribution in [0.3, 0.4) is 0 Å². The number of carbonyl (C=O) groups is 1. The second kappa shape index (κ2) is 5.27. The van der Waals surface area contributed by atoms with E-state index in [1.54, 1.807) is 25.1 Å². The standard InChI is InChI=1S/C13H12BrN3O2/c1-7-4-12(18)9(6-16-7)13(19)17-11-3-2-8(14)5-10(11)15/h2-6H,15H2,1H3,(H,16,18)(H,17,19). The summed E-state index contributed by atoms with van der Waals surface area (Å²) in [7, 11) is 0. The number of nitrogen functional groups attached to an aromatic ring is 1. The summed E-state index contributed by atoms with van der Waals surface area (Å²) in [6, 6.07) is 6.47. The Labute approximate surface area is 118 Å². The number of nitrogens with two attached hydrogens (primary N) is 1. The van der Waals surface area contributed by atoms with Gasteiger partial charge >= 0.3 is 0 Å². The van der Waals surface area contributed by atoms with Crippen molar-refractivity contribution >= 4 is 33.2 Å². The molecule has 2 aromatic rings. The van der Waals surface area contributed by atoms with Crippen molar-refractivity contribution in [3.05, 3.63) is 56.4 Å². The molecular formula is C13H12BrN3O2. The van der Waals surface area contributed by atoms with Crippen molar-refractivity contribution in [3.63, 3.8) is 0 Å². The van der Waals surface area contributed by atoms with Crippen LogP contribution in [-0.4, -0.2) is 10.9 Å². The van der Waals surface area contributed by atoms with E-state index >= 15 is 0 Å². The number of hydrogen-bond donors (Lipinski definition) is 3. The third kappa shape index (κ3) is 3.03. The van der Waals surface area contributed by atoms with E-state index in [0.29, 0.717) is 17.1 Å². The summed E-state index contributed by atoms with van der Waals surface area (Å²) >= 11 is 3.28. The van der Waals surface area contributed by atoms with Crippen LogP contribution in [0.2, 0.25) is 0 Å². The van der Waals surface area contributed by atoms with E-state index in [1.807, 2.05) is 0 Å². The summed E-state index contributed by atoms with van der Waals surface area (Å²) in [5.74, 6) is -0.490. The molecule has 0 aliphatic carbocycles. The Morgan fingerprint density at radius 3 is 2.74 bits per heavy atom. The molecule has 0 unspecified atom stereocenters. The molecule has 0 atom stereocenters. The number of hydrogen-bond acceptors (Lipinski definition) is 3. The third-order valence-corrected chi connectivity index (χ3v) is 3.06. The molecule has 0 aliphatic heterocycles. The lowest BCUT2D eigenvalue weighted by atomic mass is 10.2. The number of aryl methyl sites for hydroxylation is 1. The van der Waals surface area contributed by atoms with Gasteiger partial charge in [0.25, 0.3) is 5.91 Å². The fourth-order valence-electron chi connectivity index (χ4n) is 1.59. The summed E-state index contributed by atoms with van der Waals surface area (Å²) in [5.41, 5.74) is 7.09. The predicted octanol–water partition coefficient (Wildman–Crippen LogP) is 2.28. The highest BCUT2D eigenvalue weighted by atomic mass is 79.9. The third-order valence-electron chi connectivity index (χ3n) is 2.56. The van der Waals surface area contributed by atoms with Gasteiger partial charge in [0, 0.05) is 22.4 Å². The maximum Gasteiger partial charge on any atom is 0.261 e. The van der Waals surface area contributed by atoms with Crippen molar-refractivity contribution in [2.75, 3.05) is 11.1 Å². The van der Waals surface area contributed by atoms with Gasteiger partial charge in [-0.3, -0.25) is 9.59 Å². The number of halogens is 1. The second-order valence-corrected chi connectivity index (χ2v) is 5.00. The summed E-state index contributed by atoms with van der Waals surface area (Å²) in [6.07, 6.45) is 1.39. The zero-order valence-corrected chi connectivity index (χ0v) is 11.7. The molecule has 0 saturated heterocycles. The molecule has 0 bridgehead atoms. The number of pyridine rings is 1. The van der Waals surface area contributed by atoms with Crippen LogP contribution in [0.15, 0.2) is 39.7 Å². The smallest absolute Gasteiger partial charge is 0.261 e. The van der Waals surface area contributed by atoms with Gasteiger partial charge < -0.3 is 16.0 Å². The first-order chi connectivity index (χ1) is 8.97. The minimum Gasteiger partial charge on any atom is -0.397 e. The number of aromatic nitrogens is 1. The quantitative estimate of drug-likeness (QED) is 0.741. The van der Waals surface area contributed by atoms with E-state index in [4.69, 9.17) is 5.73 Å². The first kappa shape index (κ1) is 13.4. The van der Waals surface area contributed by atoms with Crippen LogP contribution >= 0.6 is 15.9 Å². The molecule has 2 rings (SSSR count). The van der Waals surface area contributed by atoms with Gasteiger partial charge in [0.15, 0.2) is 5.43 Å². The number of anilines is 2. The molecule has 98 valence electrons. The molecule has 1 amide bonds. The van der Waals surface area contributed by atoms with Crippen LogP contribution in [-0.2, 0) is 0 Å². The lowest BCUT2D eigenvalue weighted by Gasteiger charge is -2.08. The van der Waals surface area contributed by atoms with Gasteiger partial charge in [-0.15, -0.1) is 0 Å². The number of aromatic amines is 1. The van der Waals surface area contributed by atoms with Crippen molar-refractivity contribution in [1.82, 2.24) is 4.98 Å². The van der Waals surface area contributed by atoms with Crippen LogP contribution < -0.4 is 16.5 Å². The molecule has 1 heterocycles. The number of benzene rings is 1. The van der Waals surface area contributed by atoms with Crippen molar-refractivity contribution in [2.24, 2.45) is 0 Å². The topological polar surface area (TPSA) is 88.0 Å². The second-order valence-electron chi connectivity index (χ2n) is 4.08. The Morgan fingerprint density at radius 1 is 1.37 bits per heavy atom. The number of amides is 1. The van der Waals surface area contributed by atoms with Gasteiger partial charge in [-0.2, -0.15) is 0 Å². The number of rotatable bonds is 2. The zero-order chi connectivity index (χ0) is 14.0. The molecule has 0 spiro atoms. The van der Waals surface area contributed by atoms with Gasteiger partial charge in [0.05, 0.1) is 11.4 Å². The summed E-state index contributed by atoms with van der Waals surface area (Å²) in [5, 5.41) is 2.61. The van der Waals surface area contributed by atoms with Gasteiger partial charge in [-0.1, -0.05) is 15.9 Å². The average Bonchev–Trinajstić information content (AvgIpc) is 2.32. The largest absolute Gasteiger partial charge is 0.397 e. The van der Waals surface area contributed by atoms with Crippen molar-refractivity contribution in [2.45, 2.75) is 6.92 Å². The molecule has 4 N–H and O–H groups in total. The molecule has 0 fully saturated rings. The van der Waals surface area contributed by atoms with Crippen molar-refractivity contribution in [1.29, 1.82) is 0 Å². The fraction of sp³-hybridized carbons (Fsp3) is 0.0769. The van der Waals surface area contributed by atoms with Gasteiger partial charge in [-0.05, 0) is 25.1 Å². The Balaban J connectivity index is 2.28. The molecule has 6 heteroatoms. The maximum atomic E-state index is 12.0. The number of H-pyrrole nitrogens is 1. The molecule has 0 aliphatic rings. The van der Waals surface area contributed by atoms with E-state index < -0.39 is 5.91 Å². The highest BCUT2D eigenvalue weighted by Crippen LogP contribution is 2.23. The Hall–Kier alpha value is -2.08. The first-order valence-corrected chi connectivity index (χ1v) is 6.32. The van der Waals surface area contributed by atoms with Gasteiger partial charge in [0.1, 0.15) is 5.56 Å². The van der Waals surface area contributed by atoms with E-state index in [0.717, 1.165) is 4.47 Å². The fourth-order valence-corrected chi connectivity index (χ4v) is 1.97. The monoisotopic (exact) mass is 321 g/mol. The predicted molar refractivity (Wildman–Crippen MR) is 78.3 cm³/mol. The molecule has 0 radical (unpaired) electrons. The minimum atomic E-state index is -0.490. The average molecular weight is 322 g/mol. The normalized spacial score (nSPS) is 10.2. The van der Waals surface area contributed by atoms with Crippen LogP contribution in [0.5, 0.6) is 0 Å². The highest BCUT2D eigenvalue weighted by molar-refractivity contribution is 9.10. The van der Waals surface area contributed by atoms with Gasteiger partial charge in [0.2, 0.25) is 0 Å². The van der Waals surface area contributed by atoms with E-state index in [1.165, 1.54) is 12.3 Å². The van der Waals surface area contributed by atoms with Crippen LogP contribution in [0, 0.1) is 6.92 Å². The Kier molecular flexibility index (Phi) is 3.71. The van der Waals surface area contributed by atoms with E-state index in [2.05, 4.69) is 26.2 Å². The summed E-state index contributed by atoms with van der Waals surface area (Å²) < 4.78 is 0.816. The summed E-state index contributed by atoms with van der Waals surface area (Å²) in [6.45, 7) is 1.75. The number of carbonyl (C=O) groups excluding carboxylic acids is 1. The van der Waals surface area contributed by atoms with Crippen molar-refractivity contribution in [3.8, 4) is 0 Å². The molecule has 19 heavy (non-hydrogen) atoms. The lowest BCUT2D eigenvalue weighted by Crippen LogP contribution is -2.22. The number of nitrogens with one attached hydrogen (secondary N) is 2. The van der Waals surface area contributed by atoms with Crippen molar-refractivity contribution < 1.29 is 4.79 Å². The van der Waals surface area contributed by atoms with E-state index in [-0.39, 0.29) is 11.0 Å².